The number of hydrogen-bond acceptors (Lipinski definition) is 6. The number of benzene rings is 2. The van der Waals surface area contributed by atoms with Gasteiger partial charge in [0.25, 0.3) is 0 Å². The van der Waals surface area contributed by atoms with E-state index in [1.54, 1.807) is 7.05 Å². The average molecular weight is 350 g/mol. The number of hydrogen-bond donors (Lipinski definition) is 2. The largest absolute Gasteiger partial charge is 0.489 e. The van der Waals surface area contributed by atoms with Gasteiger partial charge in [0.05, 0.1) is 6.54 Å². The van der Waals surface area contributed by atoms with Crippen molar-refractivity contribution in [3.05, 3.63) is 71.6 Å². The van der Waals surface area contributed by atoms with Gasteiger partial charge < -0.3 is 19.8 Å². The van der Waals surface area contributed by atoms with Crippen LogP contribution in [0.15, 0.2) is 59.0 Å². The third-order valence-corrected chi connectivity index (χ3v) is 4.54. The minimum Gasteiger partial charge on any atom is -0.489 e. The molecular formula is C20H22N4O2. The Bertz CT molecular complexity index is 833. The molecule has 2 N–H and O–H groups in total. The highest BCUT2D eigenvalue weighted by molar-refractivity contribution is 5.34. The highest BCUT2D eigenvalue weighted by Crippen LogP contribution is 2.41. The van der Waals surface area contributed by atoms with E-state index in [1.807, 2.05) is 30.3 Å². The van der Waals surface area contributed by atoms with Gasteiger partial charge in [-0.25, -0.2) is 0 Å². The van der Waals surface area contributed by atoms with Gasteiger partial charge in [0, 0.05) is 19.0 Å². The first kappa shape index (κ1) is 16.6. The van der Waals surface area contributed by atoms with Crippen molar-refractivity contribution in [2.45, 2.75) is 31.5 Å². The van der Waals surface area contributed by atoms with Gasteiger partial charge in [0.2, 0.25) is 5.89 Å². The zero-order valence-corrected chi connectivity index (χ0v) is 14.7. The van der Waals surface area contributed by atoms with Crippen LogP contribution in [0.25, 0.3) is 0 Å². The van der Waals surface area contributed by atoms with Gasteiger partial charge in [-0.05, 0) is 29.7 Å². The maximum atomic E-state index is 5.84. The molecule has 0 radical (unpaired) electrons. The van der Waals surface area contributed by atoms with Crippen LogP contribution in [0.3, 0.4) is 0 Å². The molecule has 1 fully saturated rings. The molecule has 1 aromatic heterocycles. The molecule has 26 heavy (non-hydrogen) atoms. The molecule has 2 unspecified atom stereocenters. The molecule has 6 nitrogen and oxygen atoms in total. The lowest BCUT2D eigenvalue weighted by Gasteiger charge is -2.07. The minimum atomic E-state index is 0.445. The Hall–Kier alpha value is -2.86. The number of anilines is 1. The molecular weight excluding hydrogens is 328 g/mol. The van der Waals surface area contributed by atoms with Crippen molar-refractivity contribution in [2.24, 2.45) is 0 Å². The fourth-order valence-electron chi connectivity index (χ4n) is 2.99. The second-order valence-electron chi connectivity index (χ2n) is 6.42. The standard InChI is InChI=1S/C20H22N4O2/c1-21-20-24-23-19(26-20)12-22-18-11-17(18)15-7-9-16(10-8-15)25-13-14-5-3-2-4-6-14/h2-10,17-18,22H,11-13H2,1H3,(H,21,24). The van der Waals surface area contributed by atoms with Crippen molar-refractivity contribution in [3.63, 3.8) is 0 Å². The molecule has 1 saturated carbocycles. The Morgan fingerprint density at radius 3 is 2.62 bits per heavy atom. The first-order valence-electron chi connectivity index (χ1n) is 8.82. The molecule has 4 rings (SSSR count). The molecule has 134 valence electrons. The Kier molecular flexibility index (Phi) is 4.84. The topological polar surface area (TPSA) is 72.2 Å². The van der Waals surface area contributed by atoms with Gasteiger partial charge in [-0.2, -0.15) is 0 Å². The van der Waals surface area contributed by atoms with E-state index in [4.69, 9.17) is 9.15 Å². The van der Waals surface area contributed by atoms with Crippen molar-refractivity contribution in [2.75, 3.05) is 12.4 Å². The van der Waals surface area contributed by atoms with E-state index in [-0.39, 0.29) is 0 Å². The van der Waals surface area contributed by atoms with Crippen molar-refractivity contribution in [3.8, 4) is 5.75 Å². The summed E-state index contributed by atoms with van der Waals surface area (Å²) in [5.74, 6) is 2.03. The van der Waals surface area contributed by atoms with Crippen LogP contribution in [0.2, 0.25) is 0 Å². The summed E-state index contributed by atoms with van der Waals surface area (Å²) in [5.41, 5.74) is 2.50. The monoisotopic (exact) mass is 350 g/mol. The van der Waals surface area contributed by atoms with E-state index in [0.29, 0.717) is 37.0 Å². The fraction of sp³-hybridized carbons (Fsp3) is 0.300. The molecule has 1 aliphatic carbocycles. The minimum absolute atomic E-state index is 0.445. The molecule has 1 aliphatic rings. The van der Waals surface area contributed by atoms with Crippen LogP contribution in [0, 0.1) is 0 Å². The molecule has 0 spiro atoms. The van der Waals surface area contributed by atoms with E-state index in [9.17, 15) is 0 Å². The van der Waals surface area contributed by atoms with E-state index >= 15 is 0 Å². The van der Waals surface area contributed by atoms with Crippen LogP contribution in [0.1, 0.15) is 29.4 Å². The van der Waals surface area contributed by atoms with Crippen molar-refractivity contribution < 1.29 is 9.15 Å². The maximum absolute atomic E-state index is 5.84. The van der Waals surface area contributed by atoms with Crippen LogP contribution >= 0.6 is 0 Å². The third-order valence-electron chi connectivity index (χ3n) is 4.54. The Morgan fingerprint density at radius 1 is 1.08 bits per heavy atom. The van der Waals surface area contributed by atoms with E-state index in [0.717, 1.165) is 12.2 Å². The second-order valence-corrected chi connectivity index (χ2v) is 6.42. The average Bonchev–Trinajstić information content (AvgIpc) is 3.33. The lowest BCUT2D eigenvalue weighted by atomic mass is 10.1. The van der Waals surface area contributed by atoms with E-state index < -0.39 is 0 Å². The van der Waals surface area contributed by atoms with E-state index in [1.165, 1.54) is 11.1 Å². The summed E-state index contributed by atoms with van der Waals surface area (Å²) >= 11 is 0. The number of ether oxygens (including phenoxy) is 1. The zero-order valence-electron chi connectivity index (χ0n) is 14.7. The fourth-order valence-corrected chi connectivity index (χ4v) is 2.99. The molecule has 0 saturated heterocycles. The Labute approximate surface area is 152 Å². The molecule has 2 atom stereocenters. The summed E-state index contributed by atoms with van der Waals surface area (Å²) in [7, 11) is 1.76. The van der Waals surface area contributed by atoms with Gasteiger partial charge in [-0.15, -0.1) is 5.10 Å². The molecule has 6 heteroatoms. The van der Waals surface area contributed by atoms with Gasteiger partial charge in [0.15, 0.2) is 0 Å². The first-order valence-corrected chi connectivity index (χ1v) is 8.82. The van der Waals surface area contributed by atoms with Crippen LogP contribution in [-0.4, -0.2) is 23.3 Å². The summed E-state index contributed by atoms with van der Waals surface area (Å²) < 4.78 is 11.3. The summed E-state index contributed by atoms with van der Waals surface area (Å²) in [6.07, 6.45) is 1.12. The van der Waals surface area contributed by atoms with Crippen molar-refractivity contribution in [1.82, 2.24) is 15.5 Å². The molecule has 1 heterocycles. The summed E-state index contributed by atoms with van der Waals surface area (Å²) in [6, 6.07) is 19.5. The zero-order chi connectivity index (χ0) is 17.8. The SMILES string of the molecule is CNc1nnc(CNC2CC2c2ccc(OCc3ccccc3)cc2)o1. The number of aromatic nitrogens is 2. The van der Waals surface area contributed by atoms with Gasteiger partial charge >= 0.3 is 6.01 Å². The highest BCUT2D eigenvalue weighted by atomic mass is 16.5. The van der Waals surface area contributed by atoms with Crippen LogP contribution in [0.5, 0.6) is 5.75 Å². The predicted molar refractivity (Wildman–Crippen MR) is 99.0 cm³/mol. The lowest BCUT2D eigenvalue weighted by molar-refractivity contribution is 0.306. The summed E-state index contributed by atoms with van der Waals surface area (Å²) in [4.78, 5) is 0. The normalized spacial score (nSPS) is 18.5. The molecule has 0 amide bonds. The summed E-state index contributed by atoms with van der Waals surface area (Å²) in [5, 5.41) is 14.2. The molecule has 0 bridgehead atoms. The second kappa shape index (κ2) is 7.58. The highest BCUT2D eigenvalue weighted by Gasteiger charge is 2.38. The van der Waals surface area contributed by atoms with Gasteiger partial charge in [0.1, 0.15) is 12.4 Å². The lowest BCUT2D eigenvalue weighted by Crippen LogP contribution is -2.17. The molecule has 2 aromatic carbocycles. The van der Waals surface area contributed by atoms with Gasteiger partial charge in [-0.3, -0.25) is 0 Å². The maximum Gasteiger partial charge on any atom is 0.315 e. The van der Waals surface area contributed by atoms with Crippen LogP contribution in [0.4, 0.5) is 6.01 Å². The Morgan fingerprint density at radius 2 is 1.88 bits per heavy atom. The van der Waals surface area contributed by atoms with Gasteiger partial charge in [-0.1, -0.05) is 47.6 Å². The smallest absolute Gasteiger partial charge is 0.315 e. The van der Waals surface area contributed by atoms with Crippen molar-refractivity contribution in [1.29, 1.82) is 0 Å². The summed E-state index contributed by atoms with van der Waals surface area (Å²) in [6.45, 7) is 1.18. The quantitative estimate of drug-likeness (QED) is 0.649. The molecule has 3 aromatic rings. The van der Waals surface area contributed by atoms with Crippen molar-refractivity contribution >= 4 is 6.01 Å². The number of nitrogens with zero attached hydrogens (tertiary/aromatic N) is 2. The van der Waals surface area contributed by atoms with Crippen LogP contribution in [-0.2, 0) is 13.2 Å². The molecule has 0 aliphatic heterocycles. The first-order chi connectivity index (χ1) is 12.8. The third kappa shape index (κ3) is 4.03. The Balaban J connectivity index is 1.25. The van der Waals surface area contributed by atoms with Crippen LogP contribution < -0.4 is 15.4 Å². The predicted octanol–water partition coefficient (Wildman–Crippen LogP) is 3.34. The van der Waals surface area contributed by atoms with E-state index in [2.05, 4.69) is 45.1 Å². The number of nitrogens with one attached hydrogen (secondary N) is 2. The number of rotatable bonds is 8.